The fourth-order valence-corrected chi connectivity index (χ4v) is 3.07. The summed E-state index contributed by atoms with van der Waals surface area (Å²) in [6.07, 6.45) is 0. The van der Waals surface area contributed by atoms with E-state index in [1.165, 1.54) is 0 Å². The molecule has 3 aromatic rings. The van der Waals surface area contributed by atoms with E-state index >= 15 is 0 Å². The Hall–Kier alpha value is -2.87. The van der Waals surface area contributed by atoms with Crippen LogP contribution in [0.5, 0.6) is 0 Å². The number of hydrogen-bond acceptors (Lipinski definition) is 6. The van der Waals surface area contributed by atoms with Crippen LogP contribution in [0.3, 0.4) is 0 Å². The second kappa shape index (κ2) is 7.17. The fraction of sp³-hybridized carbons (Fsp3) is 0.222. The maximum atomic E-state index is 12.5. The largest absolute Gasteiger partial charge is 0.443 e. The third-order valence-corrected chi connectivity index (χ3v) is 4.94. The van der Waals surface area contributed by atoms with Crippen LogP contribution < -0.4 is 11.1 Å². The molecule has 0 unspecified atom stereocenters. The number of carbonyl (C=O) groups excluding carboxylic acids is 2. The molecule has 0 aliphatic carbocycles. The van der Waals surface area contributed by atoms with Crippen LogP contribution in [0.15, 0.2) is 39.9 Å². The lowest BCUT2D eigenvalue weighted by Crippen LogP contribution is -2.23. The number of amides is 2. The molecule has 2 aromatic heterocycles. The van der Waals surface area contributed by atoms with Crippen LogP contribution in [-0.2, 0) is 4.79 Å². The topological polar surface area (TPSA) is 111 Å². The highest BCUT2D eigenvalue weighted by molar-refractivity contribution is 8.00. The summed E-state index contributed by atoms with van der Waals surface area (Å²) < 4.78 is 5.68. The van der Waals surface area contributed by atoms with Gasteiger partial charge in [0.15, 0.2) is 5.16 Å². The molecule has 0 bridgehead atoms. The van der Waals surface area contributed by atoms with Crippen molar-refractivity contribution in [2.24, 2.45) is 5.73 Å². The maximum Gasteiger partial charge on any atom is 0.256 e. The van der Waals surface area contributed by atoms with E-state index in [4.69, 9.17) is 10.2 Å². The van der Waals surface area contributed by atoms with E-state index < -0.39 is 11.2 Å². The van der Waals surface area contributed by atoms with Gasteiger partial charge in [0.1, 0.15) is 11.6 Å². The average Bonchev–Trinajstić information content (AvgIpc) is 2.89. The van der Waals surface area contributed by atoms with Gasteiger partial charge in [0.05, 0.1) is 10.6 Å². The van der Waals surface area contributed by atoms with Gasteiger partial charge < -0.3 is 15.5 Å². The molecule has 0 saturated heterocycles. The minimum atomic E-state index is -0.512. The molecule has 26 heavy (non-hydrogen) atoms. The first kappa shape index (κ1) is 17.9. The second-order valence-electron chi connectivity index (χ2n) is 5.80. The van der Waals surface area contributed by atoms with Crippen LogP contribution >= 0.6 is 11.8 Å². The Bertz CT molecular complexity index is 985. The first-order valence-electron chi connectivity index (χ1n) is 7.97. The Morgan fingerprint density at radius 1 is 1.19 bits per heavy atom. The zero-order valence-electron chi connectivity index (χ0n) is 14.6. The molecule has 1 aromatic carbocycles. The number of aryl methyl sites for hydroxylation is 2. The molecule has 3 N–H and O–H groups in total. The van der Waals surface area contributed by atoms with E-state index in [0.29, 0.717) is 33.4 Å². The molecule has 1 atom stereocenters. The van der Waals surface area contributed by atoms with Crippen molar-refractivity contribution in [3.05, 3.63) is 47.2 Å². The van der Waals surface area contributed by atoms with Gasteiger partial charge in [-0.05, 0) is 32.9 Å². The first-order chi connectivity index (χ1) is 12.4. The molecule has 0 saturated carbocycles. The Kier molecular flexibility index (Phi) is 4.94. The van der Waals surface area contributed by atoms with Crippen molar-refractivity contribution in [1.82, 2.24) is 9.97 Å². The number of nitrogens with one attached hydrogen (secondary N) is 1. The normalized spacial score (nSPS) is 12.1. The lowest BCUT2D eigenvalue weighted by molar-refractivity contribution is -0.117. The number of furan rings is 1. The standard InChI is InChI=1S/C18H18N4O3S/c1-9-10(2)25-17-13(9)15(20-16(24)12-7-5-4-6-8-12)21-18(22-17)26-11(3)14(19)23/h4-8,11H,1-3H3,(H2,19,23)(H,20,21,22,24)/t11-/m0/s1. The van der Waals surface area contributed by atoms with Crippen molar-refractivity contribution in [2.45, 2.75) is 31.2 Å². The minimum absolute atomic E-state index is 0.289. The van der Waals surface area contributed by atoms with Gasteiger partial charge in [0.2, 0.25) is 11.6 Å². The molecule has 0 aliphatic rings. The molecule has 0 spiro atoms. The summed E-state index contributed by atoms with van der Waals surface area (Å²) in [7, 11) is 0. The average molecular weight is 370 g/mol. The molecular weight excluding hydrogens is 352 g/mol. The van der Waals surface area contributed by atoms with Gasteiger partial charge in [-0.3, -0.25) is 9.59 Å². The number of aromatic nitrogens is 2. The summed E-state index contributed by atoms with van der Waals surface area (Å²) in [5, 5.41) is 3.25. The van der Waals surface area contributed by atoms with Crippen LogP contribution in [0, 0.1) is 13.8 Å². The Labute approximate surface area is 154 Å². The summed E-state index contributed by atoms with van der Waals surface area (Å²) in [5.41, 5.74) is 7.03. The molecule has 0 radical (unpaired) electrons. The maximum absolute atomic E-state index is 12.5. The molecule has 0 aliphatic heterocycles. The number of benzene rings is 1. The van der Waals surface area contributed by atoms with Gasteiger partial charge >= 0.3 is 0 Å². The Morgan fingerprint density at radius 2 is 1.88 bits per heavy atom. The quantitative estimate of drug-likeness (QED) is 0.527. The first-order valence-corrected chi connectivity index (χ1v) is 8.85. The summed E-state index contributed by atoms with van der Waals surface area (Å²) >= 11 is 1.11. The number of anilines is 1. The van der Waals surface area contributed by atoms with Crippen molar-refractivity contribution in [3.8, 4) is 0 Å². The van der Waals surface area contributed by atoms with Crippen LogP contribution in [0.1, 0.15) is 28.6 Å². The van der Waals surface area contributed by atoms with E-state index in [2.05, 4.69) is 15.3 Å². The molecular formula is C18H18N4O3S. The van der Waals surface area contributed by atoms with Crippen molar-refractivity contribution in [3.63, 3.8) is 0 Å². The van der Waals surface area contributed by atoms with Gasteiger partial charge in [0, 0.05) is 11.1 Å². The SMILES string of the molecule is Cc1oc2nc(S[C@@H](C)C(N)=O)nc(NC(=O)c3ccccc3)c2c1C. The van der Waals surface area contributed by atoms with Crippen LogP contribution in [0.25, 0.3) is 11.1 Å². The number of nitrogens with two attached hydrogens (primary N) is 1. The summed E-state index contributed by atoms with van der Waals surface area (Å²) in [6.45, 7) is 5.36. The van der Waals surface area contributed by atoms with Gasteiger partial charge in [-0.2, -0.15) is 4.98 Å². The monoisotopic (exact) mass is 370 g/mol. The van der Waals surface area contributed by atoms with E-state index in [1.54, 1.807) is 31.2 Å². The number of rotatable bonds is 5. The van der Waals surface area contributed by atoms with Gasteiger partial charge in [-0.15, -0.1) is 0 Å². The summed E-state index contributed by atoms with van der Waals surface area (Å²) in [6, 6.07) is 8.84. The third kappa shape index (κ3) is 3.55. The molecule has 2 heterocycles. The van der Waals surface area contributed by atoms with Crippen molar-refractivity contribution in [1.29, 1.82) is 0 Å². The molecule has 3 rings (SSSR count). The molecule has 0 fully saturated rings. The van der Waals surface area contributed by atoms with Gasteiger partial charge in [0.25, 0.3) is 5.91 Å². The highest BCUT2D eigenvalue weighted by Crippen LogP contribution is 2.32. The van der Waals surface area contributed by atoms with Gasteiger partial charge in [-0.1, -0.05) is 30.0 Å². The summed E-state index contributed by atoms with van der Waals surface area (Å²) in [4.78, 5) is 32.6. The Morgan fingerprint density at radius 3 is 2.54 bits per heavy atom. The second-order valence-corrected chi connectivity index (χ2v) is 7.11. The van der Waals surface area contributed by atoms with Crippen molar-refractivity contribution < 1.29 is 14.0 Å². The zero-order chi connectivity index (χ0) is 18.8. The van der Waals surface area contributed by atoms with E-state index in [0.717, 1.165) is 17.3 Å². The molecule has 134 valence electrons. The number of primary amides is 1. The fourth-order valence-electron chi connectivity index (χ4n) is 2.36. The number of thioether (sulfide) groups is 1. The molecule has 2 amide bonds. The lowest BCUT2D eigenvalue weighted by Gasteiger charge is -2.09. The van der Waals surface area contributed by atoms with E-state index in [9.17, 15) is 9.59 Å². The van der Waals surface area contributed by atoms with E-state index in [1.807, 2.05) is 19.9 Å². The smallest absolute Gasteiger partial charge is 0.256 e. The van der Waals surface area contributed by atoms with Crippen molar-refractivity contribution >= 4 is 40.5 Å². The number of hydrogen-bond donors (Lipinski definition) is 2. The minimum Gasteiger partial charge on any atom is -0.443 e. The predicted octanol–water partition coefficient (Wildman–Crippen LogP) is 3.06. The highest BCUT2D eigenvalue weighted by Gasteiger charge is 2.20. The number of carbonyl (C=O) groups is 2. The third-order valence-electron chi connectivity index (χ3n) is 3.96. The van der Waals surface area contributed by atoms with Crippen LogP contribution in [0.2, 0.25) is 0 Å². The van der Waals surface area contributed by atoms with E-state index in [-0.39, 0.29) is 5.91 Å². The van der Waals surface area contributed by atoms with Crippen LogP contribution in [-0.4, -0.2) is 27.0 Å². The van der Waals surface area contributed by atoms with Crippen molar-refractivity contribution in [2.75, 3.05) is 5.32 Å². The Balaban J connectivity index is 2.03. The summed E-state index contributed by atoms with van der Waals surface area (Å²) in [5.74, 6) is 0.273. The lowest BCUT2D eigenvalue weighted by atomic mass is 10.2. The number of fused-ring (bicyclic) bond motifs is 1. The van der Waals surface area contributed by atoms with Crippen LogP contribution in [0.4, 0.5) is 5.82 Å². The molecule has 7 nitrogen and oxygen atoms in total. The zero-order valence-corrected chi connectivity index (χ0v) is 15.4. The van der Waals surface area contributed by atoms with Gasteiger partial charge in [-0.25, -0.2) is 4.98 Å². The molecule has 8 heteroatoms. The predicted molar refractivity (Wildman–Crippen MR) is 100 cm³/mol. The highest BCUT2D eigenvalue weighted by atomic mass is 32.2. The number of nitrogens with zero attached hydrogens (tertiary/aromatic N) is 2.